The summed E-state index contributed by atoms with van der Waals surface area (Å²) < 4.78 is 25.8. The molecule has 0 N–H and O–H groups in total. The second-order valence-electron chi connectivity index (χ2n) is 6.82. The third-order valence-corrected chi connectivity index (χ3v) is 6.19. The SMILES string of the molecule is CN(CC(=O)N1CCS(=O)(=O)C[C@@H]1c1cnn(C)c1)Cc1ccccc1. The Morgan fingerprint density at radius 3 is 2.69 bits per heavy atom. The summed E-state index contributed by atoms with van der Waals surface area (Å²) in [5.41, 5.74) is 1.89. The first kappa shape index (κ1) is 18.6. The minimum atomic E-state index is -3.16. The summed E-state index contributed by atoms with van der Waals surface area (Å²) in [6.07, 6.45) is 3.42. The Morgan fingerprint density at radius 1 is 1.31 bits per heavy atom. The van der Waals surface area contributed by atoms with Gasteiger partial charge in [-0.3, -0.25) is 14.4 Å². The maximum Gasteiger partial charge on any atom is 0.237 e. The molecule has 1 fully saturated rings. The van der Waals surface area contributed by atoms with Crippen LogP contribution in [-0.4, -0.2) is 65.5 Å². The molecule has 0 saturated carbocycles. The van der Waals surface area contributed by atoms with Crippen molar-refractivity contribution < 1.29 is 13.2 Å². The summed E-state index contributed by atoms with van der Waals surface area (Å²) in [6.45, 7) is 1.13. The van der Waals surface area contributed by atoms with E-state index in [0.717, 1.165) is 11.1 Å². The van der Waals surface area contributed by atoms with Crippen molar-refractivity contribution in [3.63, 3.8) is 0 Å². The van der Waals surface area contributed by atoms with Crippen LogP contribution in [0.3, 0.4) is 0 Å². The topological polar surface area (TPSA) is 75.5 Å². The van der Waals surface area contributed by atoms with Crippen molar-refractivity contribution in [3.8, 4) is 0 Å². The number of hydrogen-bond acceptors (Lipinski definition) is 5. The summed E-state index contributed by atoms with van der Waals surface area (Å²) in [4.78, 5) is 16.5. The number of likely N-dealkylation sites (N-methyl/N-ethyl adjacent to an activating group) is 1. The van der Waals surface area contributed by atoms with E-state index in [1.807, 2.05) is 42.3 Å². The quantitative estimate of drug-likeness (QED) is 0.773. The molecule has 0 radical (unpaired) electrons. The fourth-order valence-corrected chi connectivity index (χ4v) is 4.76. The van der Waals surface area contributed by atoms with Gasteiger partial charge in [0.2, 0.25) is 5.91 Å². The number of sulfone groups is 1. The van der Waals surface area contributed by atoms with E-state index in [9.17, 15) is 13.2 Å². The van der Waals surface area contributed by atoms with Gasteiger partial charge in [0.15, 0.2) is 9.84 Å². The second-order valence-corrected chi connectivity index (χ2v) is 9.05. The van der Waals surface area contributed by atoms with Crippen molar-refractivity contribution in [1.29, 1.82) is 0 Å². The molecule has 1 aliphatic heterocycles. The summed E-state index contributed by atoms with van der Waals surface area (Å²) in [5.74, 6) is -0.0998. The van der Waals surface area contributed by atoms with Gasteiger partial charge in [0, 0.05) is 31.9 Å². The number of aromatic nitrogens is 2. The van der Waals surface area contributed by atoms with Crippen LogP contribution in [0.4, 0.5) is 0 Å². The van der Waals surface area contributed by atoms with Gasteiger partial charge < -0.3 is 4.90 Å². The number of aryl methyl sites for hydroxylation is 1. The standard InChI is InChI=1S/C18H24N4O3S/c1-20(11-15-6-4-3-5-7-15)13-18(23)22-8-9-26(24,25)14-17(22)16-10-19-21(2)12-16/h3-7,10,12,17H,8-9,11,13-14H2,1-2H3/t17-/m1/s1. The summed E-state index contributed by atoms with van der Waals surface area (Å²) in [5, 5.41) is 4.12. The molecule has 1 atom stereocenters. The van der Waals surface area contributed by atoms with Crippen LogP contribution in [0, 0.1) is 0 Å². The molecule has 26 heavy (non-hydrogen) atoms. The van der Waals surface area contributed by atoms with Crippen molar-refractivity contribution >= 4 is 15.7 Å². The molecule has 7 nitrogen and oxygen atoms in total. The lowest BCUT2D eigenvalue weighted by Gasteiger charge is -2.36. The van der Waals surface area contributed by atoms with Gasteiger partial charge in [-0.1, -0.05) is 30.3 Å². The molecule has 0 aliphatic carbocycles. The first-order chi connectivity index (χ1) is 12.3. The summed E-state index contributed by atoms with van der Waals surface area (Å²) >= 11 is 0. The van der Waals surface area contributed by atoms with Crippen LogP contribution in [0.2, 0.25) is 0 Å². The van der Waals surface area contributed by atoms with Crippen LogP contribution in [0.1, 0.15) is 17.2 Å². The molecule has 8 heteroatoms. The first-order valence-electron chi connectivity index (χ1n) is 8.55. The van der Waals surface area contributed by atoms with Crippen molar-refractivity contribution in [2.24, 2.45) is 7.05 Å². The van der Waals surface area contributed by atoms with Crippen LogP contribution < -0.4 is 0 Å². The Morgan fingerprint density at radius 2 is 2.04 bits per heavy atom. The molecule has 2 heterocycles. The lowest BCUT2D eigenvalue weighted by Crippen LogP contribution is -2.48. The van der Waals surface area contributed by atoms with Gasteiger partial charge in [-0.2, -0.15) is 5.10 Å². The first-order valence-corrected chi connectivity index (χ1v) is 10.4. The highest BCUT2D eigenvalue weighted by atomic mass is 32.2. The number of amides is 1. The maximum absolute atomic E-state index is 12.9. The van der Waals surface area contributed by atoms with E-state index in [-0.39, 0.29) is 30.5 Å². The number of carbonyl (C=O) groups is 1. The molecule has 0 spiro atoms. The number of hydrogen-bond donors (Lipinski definition) is 0. The predicted octanol–water partition coefficient (Wildman–Crippen LogP) is 0.850. The molecule has 1 aromatic carbocycles. The zero-order valence-electron chi connectivity index (χ0n) is 15.1. The van der Waals surface area contributed by atoms with E-state index >= 15 is 0 Å². The molecule has 2 aromatic rings. The zero-order valence-corrected chi connectivity index (χ0v) is 15.9. The van der Waals surface area contributed by atoms with E-state index in [1.54, 1.807) is 29.0 Å². The molecule has 1 amide bonds. The normalized spacial score (nSPS) is 19.7. The minimum Gasteiger partial charge on any atom is -0.332 e. The molecule has 1 aromatic heterocycles. The van der Waals surface area contributed by atoms with Crippen LogP contribution in [0.15, 0.2) is 42.7 Å². The molecule has 1 aliphatic rings. The monoisotopic (exact) mass is 376 g/mol. The van der Waals surface area contributed by atoms with Crippen molar-refractivity contribution in [2.45, 2.75) is 12.6 Å². The highest BCUT2D eigenvalue weighted by Gasteiger charge is 2.35. The van der Waals surface area contributed by atoms with Crippen LogP contribution in [-0.2, 0) is 28.2 Å². The van der Waals surface area contributed by atoms with Gasteiger partial charge in [-0.15, -0.1) is 0 Å². The smallest absolute Gasteiger partial charge is 0.237 e. The molecule has 0 bridgehead atoms. The van der Waals surface area contributed by atoms with Crippen LogP contribution in [0.5, 0.6) is 0 Å². The number of rotatable bonds is 5. The molecular weight excluding hydrogens is 352 g/mol. The van der Waals surface area contributed by atoms with Crippen LogP contribution in [0.25, 0.3) is 0 Å². The van der Waals surface area contributed by atoms with Gasteiger partial charge in [0.05, 0.1) is 30.3 Å². The average molecular weight is 376 g/mol. The molecule has 0 unspecified atom stereocenters. The number of nitrogens with zero attached hydrogens (tertiary/aromatic N) is 4. The van der Waals surface area contributed by atoms with Gasteiger partial charge in [-0.25, -0.2) is 8.42 Å². The largest absolute Gasteiger partial charge is 0.332 e. The fraction of sp³-hybridized carbons (Fsp3) is 0.444. The Balaban J connectivity index is 1.71. The molecular formula is C18H24N4O3S. The maximum atomic E-state index is 12.9. The summed E-state index contributed by atoms with van der Waals surface area (Å²) in [7, 11) is 0.513. The van der Waals surface area contributed by atoms with E-state index in [2.05, 4.69) is 5.10 Å². The van der Waals surface area contributed by atoms with Crippen molar-refractivity contribution in [3.05, 3.63) is 53.9 Å². The Bertz CT molecular complexity index is 864. The van der Waals surface area contributed by atoms with E-state index < -0.39 is 15.9 Å². The highest BCUT2D eigenvalue weighted by molar-refractivity contribution is 7.91. The highest BCUT2D eigenvalue weighted by Crippen LogP contribution is 2.26. The zero-order chi connectivity index (χ0) is 18.7. The second kappa shape index (κ2) is 7.59. The van der Waals surface area contributed by atoms with E-state index in [4.69, 9.17) is 0 Å². The van der Waals surface area contributed by atoms with Crippen molar-refractivity contribution in [2.75, 3.05) is 31.6 Å². The van der Waals surface area contributed by atoms with Gasteiger partial charge >= 0.3 is 0 Å². The molecule has 140 valence electrons. The van der Waals surface area contributed by atoms with Gasteiger partial charge in [-0.05, 0) is 12.6 Å². The Kier molecular flexibility index (Phi) is 5.43. The number of benzene rings is 1. The van der Waals surface area contributed by atoms with E-state index in [1.165, 1.54) is 0 Å². The third kappa shape index (κ3) is 4.50. The predicted molar refractivity (Wildman–Crippen MR) is 99.1 cm³/mol. The number of carbonyl (C=O) groups excluding carboxylic acids is 1. The Hall–Kier alpha value is -2.19. The Labute approximate surface area is 154 Å². The van der Waals surface area contributed by atoms with Crippen molar-refractivity contribution in [1.82, 2.24) is 19.6 Å². The lowest BCUT2D eigenvalue weighted by atomic mass is 10.1. The van der Waals surface area contributed by atoms with E-state index in [0.29, 0.717) is 6.54 Å². The molecule has 3 rings (SSSR count). The lowest BCUT2D eigenvalue weighted by molar-refractivity contribution is -0.134. The fourth-order valence-electron chi connectivity index (χ4n) is 3.27. The van der Waals surface area contributed by atoms with Gasteiger partial charge in [0.1, 0.15) is 0 Å². The third-order valence-electron chi connectivity index (χ3n) is 4.56. The molecule has 1 saturated heterocycles. The summed E-state index contributed by atoms with van der Waals surface area (Å²) in [6, 6.07) is 9.47. The minimum absolute atomic E-state index is 0.0118. The van der Waals surface area contributed by atoms with Crippen LogP contribution >= 0.6 is 0 Å². The average Bonchev–Trinajstić information content (AvgIpc) is 3.01. The van der Waals surface area contributed by atoms with Gasteiger partial charge in [0.25, 0.3) is 0 Å².